The summed E-state index contributed by atoms with van der Waals surface area (Å²) in [6, 6.07) is 11.7. The first-order chi connectivity index (χ1) is 9.69. The SMILES string of the molecule is C#CC1CC(=O)N(c2cc(C)nn2-c2ccccc2)C1. The standard InChI is InChI=1S/C16H15N3O/c1-3-13-10-16(20)18(11-13)15-9-12(2)17-19(15)14-7-5-4-6-8-14/h1,4-9,13H,10-11H2,2H3. The van der Waals surface area contributed by atoms with E-state index < -0.39 is 0 Å². The molecule has 0 bridgehead atoms. The van der Waals surface area contributed by atoms with Gasteiger partial charge in [-0.3, -0.25) is 9.69 Å². The molecule has 0 N–H and O–H groups in total. The second kappa shape index (κ2) is 4.86. The van der Waals surface area contributed by atoms with Crippen LogP contribution in [-0.4, -0.2) is 22.2 Å². The number of para-hydroxylation sites is 1. The maximum absolute atomic E-state index is 12.1. The van der Waals surface area contributed by atoms with Gasteiger partial charge in [0.05, 0.1) is 11.4 Å². The fourth-order valence-corrected chi connectivity index (χ4v) is 2.48. The third-order valence-electron chi connectivity index (χ3n) is 3.45. The molecule has 4 heteroatoms. The van der Waals surface area contributed by atoms with Crippen LogP contribution in [0.3, 0.4) is 0 Å². The molecule has 1 aliphatic rings. The van der Waals surface area contributed by atoms with Crippen molar-refractivity contribution in [3.05, 3.63) is 42.1 Å². The summed E-state index contributed by atoms with van der Waals surface area (Å²) in [5.74, 6) is 3.50. The normalized spacial score (nSPS) is 18.3. The molecule has 2 aromatic rings. The molecule has 1 amide bonds. The molecule has 0 spiro atoms. The van der Waals surface area contributed by atoms with Gasteiger partial charge in [-0.25, -0.2) is 4.68 Å². The maximum Gasteiger partial charge on any atom is 0.229 e. The average Bonchev–Trinajstić information content (AvgIpc) is 3.02. The van der Waals surface area contributed by atoms with Crippen LogP contribution in [0.2, 0.25) is 0 Å². The first-order valence-electron chi connectivity index (χ1n) is 6.57. The van der Waals surface area contributed by atoms with E-state index in [9.17, 15) is 4.79 Å². The molecule has 1 fully saturated rings. The molecule has 1 unspecified atom stereocenters. The Kier molecular flexibility index (Phi) is 3.03. The highest BCUT2D eigenvalue weighted by Crippen LogP contribution is 2.27. The largest absolute Gasteiger partial charge is 0.295 e. The first-order valence-corrected chi connectivity index (χ1v) is 6.57. The highest BCUT2D eigenvalue weighted by atomic mass is 16.2. The van der Waals surface area contributed by atoms with Crippen molar-refractivity contribution in [1.82, 2.24) is 9.78 Å². The molecule has 1 aliphatic heterocycles. The number of benzene rings is 1. The van der Waals surface area contributed by atoms with Crippen LogP contribution in [0, 0.1) is 25.2 Å². The van der Waals surface area contributed by atoms with Crippen molar-refractivity contribution in [3.63, 3.8) is 0 Å². The predicted molar refractivity (Wildman–Crippen MR) is 77.6 cm³/mol. The van der Waals surface area contributed by atoms with E-state index in [2.05, 4.69) is 11.0 Å². The van der Waals surface area contributed by atoms with Gasteiger partial charge in [-0.15, -0.1) is 12.3 Å². The van der Waals surface area contributed by atoms with Crippen molar-refractivity contribution in [1.29, 1.82) is 0 Å². The van der Waals surface area contributed by atoms with Crippen molar-refractivity contribution >= 4 is 11.7 Å². The van der Waals surface area contributed by atoms with E-state index in [0.29, 0.717) is 13.0 Å². The monoisotopic (exact) mass is 265 g/mol. The Labute approximate surface area is 118 Å². The Morgan fingerprint density at radius 3 is 2.75 bits per heavy atom. The predicted octanol–water partition coefficient (Wildman–Crippen LogP) is 2.17. The Balaban J connectivity index is 2.03. The summed E-state index contributed by atoms with van der Waals surface area (Å²) >= 11 is 0. The summed E-state index contributed by atoms with van der Waals surface area (Å²) in [5.41, 5.74) is 1.81. The summed E-state index contributed by atoms with van der Waals surface area (Å²) in [6.07, 6.45) is 5.85. The lowest BCUT2D eigenvalue weighted by Crippen LogP contribution is -2.26. The highest BCUT2D eigenvalue weighted by molar-refractivity contribution is 5.95. The zero-order valence-electron chi connectivity index (χ0n) is 11.3. The van der Waals surface area contributed by atoms with Gasteiger partial charge in [0.2, 0.25) is 5.91 Å². The van der Waals surface area contributed by atoms with Crippen LogP contribution in [0.15, 0.2) is 36.4 Å². The molecule has 100 valence electrons. The molecule has 1 aromatic heterocycles. The van der Waals surface area contributed by atoms with Crippen molar-refractivity contribution in [2.75, 3.05) is 11.4 Å². The molecule has 0 radical (unpaired) electrons. The smallest absolute Gasteiger partial charge is 0.229 e. The van der Waals surface area contributed by atoms with E-state index in [4.69, 9.17) is 6.42 Å². The molecule has 1 saturated heterocycles. The van der Waals surface area contributed by atoms with Crippen molar-refractivity contribution < 1.29 is 4.79 Å². The first kappa shape index (κ1) is 12.5. The number of rotatable bonds is 2. The number of anilines is 1. The van der Waals surface area contributed by atoms with Crippen LogP contribution in [-0.2, 0) is 4.79 Å². The van der Waals surface area contributed by atoms with Crippen LogP contribution in [0.25, 0.3) is 5.69 Å². The van der Waals surface area contributed by atoms with Gasteiger partial charge in [0.1, 0.15) is 5.82 Å². The van der Waals surface area contributed by atoms with E-state index in [1.807, 2.05) is 43.3 Å². The van der Waals surface area contributed by atoms with Gasteiger partial charge in [0.25, 0.3) is 0 Å². The van der Waals surface area contributed by atoms with Gasteiger partial charge < -0.3 is 0 Å². The third kappa shape index (κ3) is 2.08. The number of hydrogen-bond acceptors (Lipinski definition) is 2. The minimum atomic E-state index is -0.0121. The zero-order chi connectivity index (χ0) is 14.1. The molecule has 3 rings (SSSR count). The molecule has 0 saturated carbocycles. The fourth-order valence-electron chi connectivity index (χ4n) is 2.48. The van der Waals surface area contributed by atoms with Crippen molar-refractivity contribution in [2.24, 2.45) is 5.92 Å². The fraction of sp³-hybridized carbons (Fsp3) is 0.250. The summed E-state index contributed by atoms with van der Waals surface area (Å²) in [7, 11) is 0. The Morgan fingerprint density at radius 1 is 1.35 bits per heavy atom. The number of aryl methyl sites for hydroxylation is 1. The van der Waals surface area contributed by atoms with E-state index in [1.165, 1.54) is 0 Å². The topological polar surface area (TPSA) is 38.1 Å². The van der Waals surface area contributed by atoms with Crippen molar-refractivity contribution in [3.8, 4) is 18.0 Å². The van der Waals surface area contributed by atoms with Gasteiger partial charge in [0, 0.05) is 24.9 Å². The number of aromatic nitrogens is 2. The molecular weight excluding hydrogens is 250 g/mol. The molecule has 2 heterocycles. The van der Waals surface area contributed by atoms with Crippen LogP contribution in [0.4, 0.5) is 5.82 Å². The average molecular weight is 265 g/mol. The second-order valence-corrected chi connectivity index (χ2v) is 4.96. The van der Waals surface area contributed by atoms with Gasteiger partial charge in [0.15, 0.2) is 0 Å². The molecule has 4 nitrogen and oxygen atoms in total. The van der Waals surface area contributed by atoms with E-state index in [0.717, 1.165) is 17.2 Å². The number of nitrogens with zero attached hydrogens (tertiary/aromatic N) is 3. The van der Waals surface area contributed by atoms with Gasteiger partial charge in [-0.2, -0.15) is 5.10 Å². The molecular formula is C16H15N3O. The lowest BCUT2D eigenvalue weighted by atomic mass is 10.1. The quantitative estimate of drug-likeness (QED) is 0.780. The lowest BCUT2D eigenvalue weighted by molar-refractivity contribution is -0.117. The minimum Gasteiger partial charge on any atom is -0.295 e. The highest BCUT2D eigenvalue weighted by Gasteiger charge is 2.31. The molecule has 1 aromatic carbocycles. The molecule has 20 heavy (non-hydrogen) atoms. The number of amides is 1. The molecule has 0 aliphatic carbocycles. The summed E-state index contributed by atoms with van der Waals surface area (Å²) in [4.78, 5) is 13.9. The Bertz CT molecular complexity index is 681. The van der Waals surface area contributed by atoms with Crippen LogP contribution in [0.5, 0.6) is 0 Å². The maximum atomic E-state index is 12.1. The Morgan fingerprint density at radius 2 is 2.10 bits per heavy atom. The van der Waals surface area contributed by atoms with E-state index >= 15 is 0 Å². The van der Waals surface area contributed by atoms with E-state index in [-0.39, 0.29) is 11.8 Å². The third-order valence-corrected chi connectivity index (χ3v) is 3.45. The summed E-state index contributed by atoms with van der Waals surface area (Å²) in [5, 5.41) is 4.48. The number of hydrogen-bond donors (Lipinski definition) is 0. The minimum absolute atomic E-state index is 0.0121. The Hall–Kier alpha value is -2.54. The number of carbonyl (C=O) groups excluding carboxylic acids is 1. The zero-order valence-corrected chi connectivity index (χ0v) is 11.3. The second-order valence-electron chi connectivity index (χ2n) is 4.96. The van der Waals surface area contributed by atoms with Crippen LogP contribution in [0.1, 0.15) is 12.1 Å². The van der Waals surface area contributed by atoms with E-state index in [1.54, 1.807) is 9.58 Å². The van der Waals surface area contributed by atoms with Gasteiger partial charge in [-0.05, 0) is 19.1 Å². The summed E-state index contributed by atoms with van der Waals surface area (Å²) < 4.78 is 1.80. The van der Waals surface area contributed by atoms with Gasteiger partial charge in [-0.1, -0.05) is 18.2 Å². The van der Waals surface area contributed by atoms with Crippen LogP contribution >= 0.6 is 0 Å². The number of terminal acetylenes is 1. The lowest BCUT2D eigenvalue weighted by Gasteiger charge is -2.17. The van der Waals surface area contributed by atoms with Crippen LogP contribution < -0.4 is 4.90 Å². The van der Waals surface area contributed by atoms with Crippen molar-refractivity contribution in [2.45, 2.75) is 13.3 Å². The molecule has 1 atom stereocenters. The summed E-state index contributed by atoms with van der Waals surface area (Å²) in [6.45, 7) is 2.48. The number of carbonyl (C=O) groups is 1. The van der Waals surface area contributed by atoms with Gasteiger partial charge >= 0.3 is 0 Å².